The Kier molecular flexibility index (Phi) is 44.7. The predicted molar refractivity (Wildman–Crippen MR) is 382 cm³/mol. The highest BCUT2D eigenvalue weighted by molar-refractivity contribution is 5.99. The number of aliphatic hydroxyl groups is 1. The van der Waals surface area contributed by atoms with Crippen molar-refractivity contribution in [3.63, 3.8) is 0 Å². The van der Waals surface area contributed by atoms with E-state index in [0.29, 0.717) is 31.2 Å². The Morgan fingerprint density at radius 2 is 0.802 bits per heavy atom. The minimum absolute atomic E-state index is 0.00717. The number of aliphatic hydroxyl groups excluding tert-OH is 1. The Hall–Kier alpha value is -10.6. The van der Waals surface area contributed by atoms with Crippen LogP contribution in [0.4, 0.5) is 0 Å². The van der Waals surface area contributed by atoms with Crippen LogP contribution in [0.2, 0.25) is 0 Å². The quantitative estimate of drug-likeness (QED) is 0.0164. The van der Waals surface area contributed by atoms with Gasteiger partial charge in [-0.2, -0.15) is 0 Å². The average molecular weight is 1510 g/mol. The zero-order chi connectivity index (χ0) is 80.2. The van der Waals surface area contributed by atoms with Gasteiger partial charge in [-0.05, 0) is 146 Å². The predicted octanol–water partition coefficient (Wildman–Crippen LogP) is -8.60. The maximum atomic E-state index is 14.4. The monoisotopic (exact) mass is 1510 g/mol. The van der Waals surface area contributed by atoms with Gasteiger partial charge in [0.25, 0.3) is 0 Å². The number of hydrogen-bond acceptors (Lipinski definition) is 23. The van der Waals surface area contributed by atoms with Crippen molar-refractivity contribution in [1.82, 2.24) is 58.1 Å². The summed E-state index contributed by atoms with van der Waals surface area (Å²) in [5.41, 5.74) is 51.3. The number of nitrogens with zero attached hydrogens (tertiary/aromatic N) is 3. The van der Waals surface area contributed by atoms with Crippen molar-refractivity contribution >= 4 is 101 Å². The molecule has 0 aliphatic carbocycles. The summed E-state index contributed by atoms with van der Waals surface area (Å²) < 4.78 is 0. The molecule has 12 amide bonds. The molecule has 0 aliphatic heterocycles. The number of carboxylic acids is 3. The molecule has 42 nitrogen and oxygen atoms in total. The van der Waals surface area contributed by atoms with Crippen molar-refractivity contribution in [2.45, 2.75) is 202 Å². The number of carbonyl (C=O) groups is 15. The number of aromatic hydroxyl groups is 1. The number of aliphatic carboxylic acids is 3. The number of unbranched alkanes of at least 4 members (excludes halogenated alkanes) is 3. The molecule has 106 heavy (non-hydrogen) atoms. The summed E-state index contributed by atoms with van der Waals surface area (Å²) in [6.07, 6.45) is -2.31. The molecule has 0 saturated carbocycles. The second-order valence-corrected chi connectivity index (χ2v) is 25.3. The van der Waals surface area contributed by atoms with E-state index in [1.54, 1.807) is 12.1 Å². The normalized spacial score (nSPS) is 14.1. The Morgan fingerprint density at radius 1 is 0.443 bits per heavy atom. The lowest BCUT2D eigenvalue weighted by Crippen LogP contribution is -2.60. The van der Waals surface area contributed by atoms with Gasteiger partial charge < -0.3 is 135 Å². The van der Waals surface area contributed by atoms with Crippen molar-refractivity contribution in [3.8, 4) is 5.75 Å². The number of nitrogens with two attached hydrogens (primary N) is 9. The molecule has 0 aliphatic rings. The lowest BCUT2D eigenvalue weighted by Gasteiger charge is -2.29. The molecule has 1 aromatic carbocycles. The van der Waals surface area contributed by atoms with Crippen LogP contribution in [0.15, 0.2) is 34.3 Å². The number of likely N-dealkylation sites (N-methyl/N-ethyl adjacent to an activating group) is 1. The van der Waals surface area contributed by atoms with Crippen molar-refractivity contribution < 1.29 is 97.5 Å². The summed E-state index contributed by atoms with van der Waals surface area (Å²) in [5, 5.41) is 73.0. The van der Waals surface area contributed by atoms with Gasteiger partial charge >= 0.3 is 17.9 Å². The number of primary amides is 1. The van der Waals surface area contributed by atoms with E-state index in [9.17, 15) is 97.5 Å². The van der Waals surface area contributed by atoms with Gasteiger partial charge in [0.2, 0.25) is 70.9 Å². The fourth-order valence-corrected chi connectivity index (χ4v) is 10.2. The first-order valence-electron chi connectivity index (χ1n) is 34.6. The first-order valence-corrected chi connectivity index (χ1v) is 34.6. The van der Waals surface area contributed by atoms with Gasteiger partial charge in [0, 0.05) is 33.0 Å². The van der Waals surface area contributed by atoms with E-state index in [2.05, 4.69) is 63.2 Å². The Labute approximate surface area is 612 Å². The summed E-state index contributed by atoms with van der Waals surface area (Å²) >= 11 is 0. The highest BCUT2D eigenvalue weighted by Gasteiger charge is 2.37. The van der Waals surface area contributed by atoms with E-state index in [4.69, 9.17) is 51.6 Å². The minimum atomic E-state index is -1.90. The molecule has 1 rings (SSSR count). The number of phenols is 1. The Bertz CT molecular complexity index is 3140. The third-order valence-corrected chi connectivity index (χ3v) is 16.0. The molecule has 596 valence electrons. The third kappa shape index (κ3) is 38.3. The first-order chi connectivity index (χ1) is 50.0. The second kappa shape index (κ2) is 50.7. The van der Waals surface area contributed by atoms with Crippen LogP contribution >= 0.6 is 0 Å². The number of benzene rings is 1. The SMILES string of the molecule is CC(C)[C@H](NC(=O)CN(C)C(=O)[C@H](CCCN=C(N)N)NC(=O)[C@H](CCCCN)NC(=O)[C@H](CO)NC(=O)[C@H](CCCN=C(N)N)NC(=O)[C@H](CCC(=O)O)NC(=O)[C@H](CCCCN)NC(=O)[C@H](N)Cc1ccc(O)cc1)C(=O)N[C@@H](CCC(N)=O)C(=O)N[C@@H](CCCCN)C(=O)N[C@@H](CC(=O)O)C(=O)O. The summed E-state index contributed by atoms with van der Waals surface area (Å²) in [6, 6.07) is -11.5. The minimum Gasteiger partial charge on any atom is -0.508 e. The summed E-state index contributed by atoms with van der Waals surface area (Å²) in [7, 11) is 1.17. The van der Waals surface area contributed by atoms with Gasteiger partial charge in [0.15, 0.2) is 11.9 Å². The fourth-order valence-electron chi connectivity index (χ4n) is 10.2. The number of amides is 12. The third-order valence-electron chi connectivity index (χ3n) is 16.0. The molecule has 0 bridgehead atoms. The van der Waals surface area contributed by atoms with Crippen LogP contribution < -0.4 is 105 Å². The molecule has 1 aromatic rings. The van der Waals surface area contributed by atoms with Crippen LogP contribution in [0, 0.1) is 5.92 Å². The zero-order valence-corrected chi connectivity index (χ0v) is 60.0. The largest absolute Gasteiger partial charge is 0.508 e. The molecular weight excluding hydrogens is 1400 g/mol. The molecule has 33 N–H and O–H groups in total. The van der Waals surface area contributed by atoms with Crippen LogP contribution in [0.25, 0.3) is 0 Å². The standard InChI is InChI=1S/C64H110N22O20/c1-34(2)51(60(103)81-42(21-23-47(69)89)57(100)77-40(14-6-9-27-67)55(98)83-45(62(105)106)31-50(93)94)85-48(90)32-86(3)61(104)44(16-11-29-75-64(72)73)82-54(97)39(13-5-8-26-66)79-59(102)46(33-87)84-56(99)41(15-10-28-74-63(70)71)78-58(101)43(22-24-49(91)92)80-53(96)38(12-4-7-25-65)76-52(95)37(68)30-35-17-19-36(88)20-18-35/h17-20,34,37-46,51,87-88H,4-16,21-33,65-68H2,1-3H3,(H2,69,89)(H,76,95)(H,77,100)(H,78,101)(H,79,102)(H,80,96)(H,81,103)(H,82,97)(H,83,98)(H,84,99)(H,85,90)(H,91,92)(H,93,94)(H,105,106)(H4,70,71,74)(H4,72,73,75)/t37-,38+,39+,40+,41+,42+,43+,44+,45+,46+,51+/m1/s1. The van der Waals surface area contributed by atoms with Gasteiger partial charge in [-0.15, -0.1) is 0 Å². The van der Waals surface area contributed by atoms with Crippen LogP contribution in [-0.4, -0.2) is 251 Å². The zero-order valence-electron chi connectivity index (χ0n) is 60.0. The number of aliphatic imine (C=N–C) groups is 2. The summed E-state index contributed by atoms with van der Waals surface area (Å²) in [5.74, 6) is -18.1. The number of hydrogen-bond donors (Lipinski definition) is 24. The van der Waals surface area contributed by atoms with Gasteiger partial charge in [-0.25, -0.2) is 4.79 Å². The number of carboxylic acid groups (broad SMARTS) is 3. The molecule has 11 atom stereocenters. The molecule has 0 spiro atoms. The molecule has 42 heteroatoms. The van der Waals surface area contributed by atoms with Gasteiger partial charge in [-0.3, -0.25) is 77.1 Å². The number of rotatable bonds is 55. The van der Waals surface area contributed by atoms with E-state index in [0.717, 1.165) is 4.90 Å². The molecule has 0 radical (unpaired) electrons. The van der Waals surface area contributed by atoms with Crippen LogP contribution in [-0.2, 0) is 78.3 Å². The van der Waals surface area contributed by atoms with E-state index in [1.165, 1.54) is 33.0 Å². The molecule has 0 heterocycles. The second-order valence-electron chi connectivity index (χ2n) is 25.3. The Morgan fingerprint density at radius 3 is 1.18 bits per heavy atom. The van der Waals surface area contributed by atoms with E-state index in [1.807, 2.05) is 0 Å². The van der Waals surface area contributed by atoms with Crippen molar-refractivity contribution in [2.24, 2.45) is 67.5 Å². The van der Waals surface area contributed by atoms with Gasteiger partial charge in [0.05, 0.1) is 25.6 Å². The Balaban J connectivity index is 3.61. The van der Waals surface area contributed by atoms with E-state index < -0.39 is 206 Å². The smallest absolute Gasteiger partial charge is 0.326 e. The fraction of sp³-hybridized carbons (Fsp3) is 0.641. The molecule has 0 aromatic heterocycles. The number of phenolic OH excluding ortho intramolecular Hbond substituents is 1. The maximum absolute atomic E-state index is 14.4. The van der Waals surface area contributed by atoms with Crippen LogP contribution in [0.5, 0.6) is 5.75 Å². The molecule has 0 unspecified atom stereocenters. The summed E-state index contributed by atoms with van der Waals surface area (Å²) in [6.45, 7) is 1.40. The number of nitrogens with one attached hydrogen (secondary N) is 10. The first kappa shape index (κ1) is 93.4. The summed E-state index contributed by atoms with van der Waals surface area (Å²) in [4.78, 5) is 210. The van der Waals surface area contributed by atoms with E-state index >= 15 is 0 Å². The highest BCUT2D eigenvalue weighted by Crippen LogP contribution is 2.15. The lowest BCUT2D eigenvalue weighted by atomic mass is 10.0. The van der Waals surface area contributed by atoms with Gasteiger partial charge in [0.1, 0.15) is 66.2 Å². The average Bonchev–Trinajstić information content (AvgIpc) is 0.861. The molecule has 0 fully saturated rings. The van der Waals surface area contributed by atoms with E-state index in [-0.39, 0.29) is 115 Å². The van der Waals surface area contributed by atoms with Crippen LogP contribution in [0.3, 0.4) is 0 Å². The van der Waals surface area contributed by atoms with Crippen molar-refractivity contribution in [1.29, 1.82) is 0 Å². The topological polar surface area (TPSA) is 740 Å². The highest BCUT2D eigenvalue weighted by atomic mass is 16.4. The lowest BCUT2D eigenvalue weighted by molar-refractivity contribution is -0.147. The maximum Gasteiger partial charge on any atom is 0.326 e. The van der Waals surface area contributed by atoms with Crippen molar-refractivity contribution in [2.75, 3.05) is 52.9 Å². The molecule has 0 saturated heterocycles. The molecular formula is C64H110N22O20. The van der Waals surface area contributed by atoms with Crippen LogP contribution in [0.1, 0.15) is 135 Å². The van der Waals surface area contributed by atoms with Crippen molar-refractivity contribution in [3.05, 3.63) is 29.8 Å². The van der Waals surface area contributed by atoms with Gasteiger partial charge in [-0.1, -0.05) is 26.0 Å². The number of guanidine groups is 2. The number of carbonyl (C=O) groups excluding carboxylic acids is 12.